The first-order chi connectivity index (χ1) is 26.6. The first kappa shape index (κ1) is 40.8. The van der Waals surface area contributed by atoms with E-state index in [0.717, 1.165) is 46.5 Å². The molecule has 0 radical (unpaired) electrons. The maximum Gasteiger partial charge on any atom is 0.119 e. The van der Waals surface area contributed by atoms with Crippen LogP contribution in [0, 0.1) is 0 Å². The lowest BCUT2D eigenvalue weighted by Crippen LogP contribution is -1.98. The second kappa shape index (κ2) is 21.5. The summed E-state index contributed by atoms with van der Waals surface area (Å²) in [7, 11) is 0. The second-order valence-electron chi connectivity index (χ2n) is 15.6. The third kappa shape index (κ3) is 10.5. The number of hydrogen-bond acceptors (Lipinski definition) is 2. The predicted octanol–water partition coefficient (Wildman–Crippen LogP) is 17.6. The predicted molar refractivity (Wildman–Crippen MR) is 244 cm³/mol. The summed E-state index contributed by atoms with van der Waals surface area (Å²) in [5.41, 5.74) is 0. The van der Waals surface area contributed by atoms with Crippen molar-refractivity contribution in [3.05, 3.63) is 81.7 Å². The van der Waals surface area contributed by atoms with E-state index in [2.05, 4.69) is 119 Å². The number of halogens is 2. The van der Waals surface area contributed by atoms with Crippen molar-refractivity contribution in [3.63, 3.8) is 0 Å². The number of fused-ring (bicyclic) bond motifs is 10. The standard InChI is InChI=1S/C50H62Br2O2/c1-3-5-7-9-11-13-15-17-19-23-31-53-37-27-29-41-43(33-37)49-45(35-47(41)51)39-25-21-22-26-40(39)46-36-48(52)42-30-28-38(34-44(42)50(46)49)54-32-24-20-18-16-14-12-10-8-6-4-2/h21-22,25-30,33-36H,3-20,23-24,31-32H2,1-2H3. The molecule has 0 unspecified atom stereocenters. The van der Waals surface area contributed by atoms with Gasteiger partial charge in [-0.05, 0) is 115 Å². The van der Waals surface area contributed by atoms with Crippen LogP contribution in [0.4, 0.5) is 0 Å². The monoisotopic (exact) mass is 852 g/mol. The molecule has 0 aromatic heterocycles. The summed E-state index contributed by atoms with van der Waals surface area (Å²) in [5, 5.41) is 12.4. The molecule has 2 nitrogen and oxygen atoms in total. The molecule has 0 N–H and O–H groups in total. The lowest BCUT2D eigenvalue weighted by molar-refractivity contribution is 0.304. The molecule has 0 spiro atoms. The molecule has 6 aromatic rings. The van der Waals surface area contributed by atoms with Crippen LogP contribution < -0.4 is 9.47 Å². The van der Waals surface area contributed by atoms with Gasteiger partial charge in [0.05, 0.1) is 13.2 Å². The van der Waals surface area contributed by atoms with Crippen molar-refractivity contribution in [3.8, 4) is 11.5 Å². The average molecular weight is 855 g/mol. The quantitative estimate of drug-likeness (QED) is 0.0446. The Morgan fingerprint density at radius 3 is 1.06 bits per heavy atom. The zero-order chi connectivity index (χ0) is 37.5. The van der Waals surface area contributed by atoms with Gasteiger partial charge in [-0.1, -0.05) is 186 Å². The van der Waals surface area contributed by atoms with E-state index in [0.29, 0.717) is 0 Å². The number of benzene rings is 6. The number of hydrogen-bond donors (Lipinski definition) is 0. The van der Waals surface area contributed by atoms with Gasteiger partial charge in [0.1, 0.15) is 11.5 Å². The third-order valence-corrected chi connectivity index (χ3v) is 12.7. The van der Waals surface area contributed by atoms with Crippen LogP contribution in [0.2, 0.25) is 0 Å². The van der Waals surface area contributed by atoms with Gasteiger partial charge in [0.25, 0.3) is 0 Å². The van der Waals surface area contributed by atoms with Gasteiger partial charge in [0.2, 0.25) is 0 Å². The minimum absolute atomic E-state index is 0.757. The van der Waals surface area contributed by atoms with Gasteiger partial charge in [0.15, 0.2) is 0 Å². The van der Waals surface area contributed by atoms with Crippen molar-refractivity contribution in [2.24, 2.45) is 0 Å². The molecule has 0 fully saturated rings. The number of rotatable bonds is 24. The third-order valence-electron chi connectivity index (χ3n) is 11.4. The second-order valence-corrected chi connectivity index (χ2v) is 17.3. The molecule has 6 rings (SSSR count). The molecule has 0 amide bonds. The Bertz CT molecular complexity index is 1950. The molecule has 0 aliphatic carbocycles. The van der Waals surface area contributed by atoms with E-state index in [1.165, 1.54) is 169 Å². The normalized spacial score (nSPS) is 11.9. The highest BCUT2D eigenvalue weighted by atomic mass is 79.9. The van der Waals surface area contributed by atoms with E-state index in [1.54, 1.807) is 0 Å². The van der Waals surface area contributed by atoms with Crippen molar-refractivity contribution in [1.82, 2.24) is 0 Å². The topological polar surface area (TPSA) is 18.5 Å². The zero-order valence-corrected chi connectivity index (χ0v) is 36.2. The lowest BCUT2D eigenvalue weighted by atomic mass is 9.88. The van der Waals surface area contributed by atoms with Crippen LogP contribution in [-0.4, -0.2) is 13.2 Å². The Morgan fingerprint density at radius 2 is 0.685 bits per heavy atom. The van der Waals surface area contributed by atoms with Crippen molar-refractivity contribution < 1.29 is 9.47 Å². The molecular formula is C50H62Br2O2. The molecule has 288 valence electrons. The van der Waals surface area contributed by atoms with Gasteiger partial charge in [-0.15, -0.1) is 0 Å². The largest absolute Gasteiger partial charge is 0.494 e. The highest BCUT2D eigenvalue weighted by Crippen LogP contribution is 2.46. The number of unbranched alkanes of at least 4 members (excludes halogenated alkanes) is 18. The molecule has 6 aromatic carbocycles. The van der Waals surface area contributed by atoms with E-state index in [4.69, 9.17) is 9.47 Å². The summed E-state index contributed by atoms with van der Waals surface area (Å²) in [5.74, 6) is 1.89. The molecule has 0 saturated heterocycles. The SMILES string of the molecule is CCCCCCCCCCCCOc1ccc2c(Br)cc3c4ccccc4c4cc(Br)c5ccc(OCCCCCCCCCCCC)cc5c4c3c2c1. The first-order valence-corrected chi connectivity index (χ1v) is 23.1. The Balaban J connectivity index is 1.23. The van der Waals surface area contributed by atoms with Crippen LogP contribution in [0.3, 0.4) is 0 Å². The van der Waals surface area contributed by atoms with Crippen molar-refractivity contribution >= 4 is 85.7 Å². The van der Waals surface area contributed by atoms with E-state index < -0.39 is 0 Å². The molecule has 54 heavy (non-hydrogen) atoms. The molecule has 0 bridgehead atoms. The lowest BCUT2D eigenvalue weighted by Gasteiger charge is -2.18. The fourth-order valence-corrected chi connectivity index (χ4v) is 9.52. The fourth-order valence-electron chi connectivity index (χ4n) is 8.38. The van der Waals surface area contributed by atoms with E-state index >= 15 is 0 Å². The summed E-state index contributed by atoms with van der Waals surface area (Å²) in [6, 6.07) is 26.8. The van der Waals surface area contributed by atoms with E-state index in [-0.39, 0.29) is 0 Å². The van der Waals surface area contributed by atoms with Gasteiger partial charge < -0.3 is 9.47 Å². The van der Waals surface area contributed by atoms with E-state index in [1.807, 2.05) is 0 Å². The van der Waals surface area contributed by atoms with Gasteiger partial charge >= 0.3 is 0 Å². The summed E-state index contributed by atoms with van der Waals surface area (Å²) in [4.78, 5) is 0. The van der Waals surface area contributed by atoms with Gasteiger partial charge in [-0.2, -0.15) is 0 Å². The number of ether oxygens (including phenoxy) is 2. The highest BCUT2D eigenvalue weighted by Gasteiger charge is 2.18. The van der Waals surface area contributed by atoms with Crippen LogP contribution >= 0.6 is 31.9 Å². The van der Waals surface area contributed by atoms with Crippen molar-refractivity contribution in [2.75, 3.05) is 13.2 Å². The van der Waals surface area contributed by atoms with E-state index in [9.17, 15) is 0 Å². The highest BCUT2D eigenvalue weighted by molar-refractivity contribution is 9.11. The minimum Gasteiger partial charge on any atom is -0.494 e. The summed E-state index contributed by atoms with van der Waals surface area (Å²) in [6.07, 6.45) is 26.5. The molecule has 0 heterocycles. The Hall–Kier alpha value is -2.82. The van der Waals surface area contributed by atoms with Crippen LogP contribution in [0.1, 0.15) is 142 Å². The maximum atomic E-state index is 6.46. The Labute approximate surface area is 342 Å². The van der Waals surface area contributed by atoms with Gasteiger partial charge in [-0.25, -0.2) is 0 Å². The smallest absolute Gasteiger partial charge is 0.119 e. The molecule has 4 heteroatoms. The maximum absolute atomic E-state index is 6.46. The van der Waals surface area contributed by atoms with Crippen LogP contribution in [0.5, 0.6) is 11.5 Å². The van der Waals surface area contributed by atoms with Crippen LogP contribution in [-0.2, 0) is 0 Å². The van der Waals surface area contributed by atoms with Crippen molar-refractivity contribution in [1.29, 1.82) is 0 Å². The molecule has 0 aliphatic rings. The summed E-state index contributed by atoms with van der Waals surface area (Å²) >= 11 is 7.95. The van der Waals surface area contributed by atoms with Crippen LogP contribution in [0.25, 0.3) is 53.9 Å². The minimum atomic E-state index is 0.757. The van der Waals surface area contributed by atoms with Crippen molar-refractivity contribution in [2.45, 2.75) is 142 Å². The summed E-state index contributed by atoms with van der Waals surface area (Å²) in [6.45, 7) is 6.09. The van der Waals surface area contributed by atoms with Gasteiger partial charge in [0, 0.05) is 8.95 Å². The molecular weight excluding hydrogens is 792 g/mol. The molecule has 0 saturated carbocycles. The zero-order valence-electron chi connectivity index (χ0n) is 33.1. The van der Waals surface area contributed by atoms with Crippen LogP contribution in [0.15, 0.2) is 81.7 Å². The Kier molecular flexibility index (Phi) is 16.2. The average Bonchev–Trinajstić information content (AvgIpc) is 3.19. The molecule has 0 atom stereocenters. The first-order valence-electron chi connectivity index (χ1n) is 21.5. The molecule has 0 aliphatic heterocycles. The fraction of sp³-hybridized carbons (Fsp3) is 0.480. The van der Waals surface area contributed by atoms with Gasteiger partial charge in [-0.3, -0.25) is 0 Å². The summed E-state index contributed by atoms with van der Waals surface area (Å²) < 4.78 is 15.1. The Morgan fingerprint density at radius 1 is 0.352 bits per heavy atom.